The van der Waals surface area contributed by atoms with Crippen LogP contribution < -0.4 is 5.32 Å². The molecule has 0 bridgehead atoms. The topological polar surface area (TPSA) is 12.0 Å². The summed E-state index contributed by atoms with van der Waals surface area (Å²) in [6.45, 7) is 9.27. The lowest BCUT2D eigenvalue weighted by atomic mass is 9.96. The SMILES string of the molecule is CCc1ccc(C(C)NC2CCC(C)C2C)cc1. The van der Waals surface area contributed by atoms with Gasteiger partial charge in [0.1, 0.15) is 0 Å². The Bertz CT molecular complexity index is 368. The number of hydrogen-bond acceptors (Lipinski definition) is 1. The second-order valence-electron chi connectivity index (χ2n) is 6.00. The lowest BCUT2D eigenvalue weighted by Gasteiger charge is -2.24. The van der Waals surface area contributed by atoms with Gasteiger partial charge in [-0.2, -0.15) is 0 Å². The van der Waals surface area contributed by atoms with Crippen LogP contribution in [-0.4, -0.2) is 6.04 Å². The maximum Gasteiger partial charge on any atom is 0.0294 e. The van der Waals surface area contributed by atoms with Gasteiger partial charge in [-0.15, -0.1) is 0 Å². The molecule has 0 spiro atoms. The Balaban J connectivity index is 1.96. The fourth-order valence-corrected chi connectivity index (χ4v) is 3.06. The summed E-state index contributed by atoms with van der Waals surface area (Å²) < 4.78 is 0. The van der Waals surface area contributed by atoms with Crippen LogP contribution in [0.15, 0.2) is 24.3 Å². The van der Waals surface area contributed by atoms with Gasteiger partial charge in [-0.25, -0.2) is 0 Å². The van der Waals surface area contributed by atoms with Crippen molar-refractivity contribution in [2.45, 2.75) is 59.0 Å². The fourth-order valence-electron chi connectivity index (χ4n) is 3.06. The maximum atomic E-state index is 3.81. The first-order valence-corrected chi connectivity index (χ1v) is 7.46. The van der Waals surface area contributed by atoms with Crippen LogP contribution >= 0.6 is 0 Å². The average molecular weight is 245 g/mol. The third kappa shape index (κ3) is 2.95. The molecule has 4 atom stereocenters. The molecule has 0 aliphatic heterocycles. The molecule has 100 valence electrons. The van der Waals surface area contributed by atoms with Crippen LogP contribution in [-0.2, 0) is 6.42 Å². The lowest BCUT2D eigenvalue weighted by Crippen LogP contribution is -2.34. The summed E-state index contributed by atoms with van der Waals surface area (Å²) in [5, 5.41) is 3.81. The zero-order valence-corrected chi connectivity index (χ0v) is 12.2. The smallest absolute Gasteiger partial charge is 0.0294 e. The second kappa shape index (κ2) is 5.88. The van der Waals surface area contributed by atoms with Crippen LogP contribution in [0.2, 0.25) is 0 Å². The highest BCUT2D eigenvalue weighted by molar-refractivity contribution is 5.24. The summed E-state index contributed by atoms with van der Waals surface area (Å²) >= 11 is 0. The molecule has 1 aliphatic rings. The Kier molecular flexibility index (Phi) is 4.45. The van der Waals surface area contributed by atoms with E-state index in [2.05, 4.69) is 57.3 Å². The fraction of sp³-hybridized carbons (Fsp3) is 0.647. The van der Waals surface area contributed by atoms with E-state index in [1.165, 1.54) is 24.0 Å². The quantitative estimate of drug-likeness (QED) is 0.832. The Morgan fingerprint density at radius 1 is 1.17 bits per heavy atom. The van der Waals surface area contributed by atoms with E-state index < -0.39 is 0 Å². The number of nitrogens with one attached hydrogen (secondary N) is 1. The average Bonchev–Trinajstić information content (AvgIpc) is 2.71. The molecule has 0 radical (unpaired) electrons. The molecule has 1 nitrogen and oxygen atoms in total. The van der Waals surface area contributed by atoms with Crippen molar-refractivity contribution >= 4 is 0 Å². The van der Waals surface area contributed by atoms with Gasteiger partial charge in [-0.3, -0.25) is 0 Å². The van der Waals surface area contributed by atoms with Gasteiger partial charge < -0.3 is 5.32 Å². The molecule has 0 heterocycles. The Morgan fingerprint density at radius 2 is 1.83 bits per heavy atom. The highest BCUT2D eigenvalue weighted by atomic mass is 15.0. The minimum Gasteiger partial charge on any atom is -0.307 e. The van der Waals surface area contributed by atoms with Crippen LogP contribution in [0.25, 0.3) is 0 Å². The lowest BCUT2D eigenvalue weighted by molar-refractivity contribution is 0.347. The number of aryl methyl sites for hydroxylation is 1. The largest absolute Gasteiger partial charge is 0.307 e. The standard InChI is InChI=1S/C17H27N/c1-5-15-7-9-16(10-8-15)14(4)18-17-11-6-12(2)13(17)3/h7-10,12-14,17-18H,5-6,11H2,1-4H3. The van der Waals surface area contributed by atoms with E-state index in [1.807, 2.05) is 0 Å². The van der Waals surface area contributed by atoms with Crippen LogP contribution in [0.4, 0.5) is 0 Å². The maximum absolute atomic E-state index is 3.81. The number of benzene rings is 1. The second-order valence-corrected chi connectivity index (χ2v) is 6.00. The van der Waals surface area contributed by atoms with Crippen molar-refractivity contribution in [2.75, 3.05) is 0 Å². The van der Waals surface area contributed by atoms with Crippen molar-refractivity contribution in [3.05, 3.63) is 35.4 Å². The predicted molar refractivity (Wildman–Crippen MR) is 78.7 cm³/mol. The van der Waals surface area contributed by atoms with Crippen molar-refractivity contribution in [1.29, 1.82) is 0 Å². The summed E-state index contributed by atoms with van der Waals surface area (Å²) in [6, 6.07) is 10.2. The molecule has 1 aliphatic carbocycles. The third-order valence-corrected chi connectivity index (χ3v) is 4.82. The first-order valence-electron chi connectivity index (χ1n) is 7.46. The first-order chi connectivity index (χ1) is 8.61. The molecule has 0 saturated heterocycles. The summed E-state index contributed by atoms with van der Waals surface area (Å²) in [5.74, 6) is 1.68. The van der Waals surface area contributed by atoms with Crippen molar-refractivity contribution in [2.24, 2.45) is 11.8 Å². The van der Waals surface area contributed by atoms with Crippen LogP contribution in [0.1, 0.15) is 57.7 Å². The minimum absolute atomic E-state index is 0.466. The molecule has 2 rings (SSSR count). The normalized spacial score (nSPS) is 29.4. The summed E-state index contributed by atoms with van der Waals surface area (Å²) in [7, 11) is 0. The van der Waals surface area contributed by atoms with Gasteiger partial charge in [-0.1, -0.05) is 45.0 Å². The van der Waals surface area contributed by atoms with E-state index in [0.29, 0.717) is 12.1 Å². The summed E-state index contributed by atoms with van der Waals surface area (Å²) in [6.07, 6.45) is 3.83. The predicted octanol–water partition coefficient (Wildman–Crippen LogP) is 4.33. The summed E-state index contributed by atoms with van der Waals surface area (Å²) in [4.78, 5) is 0. The first kappa shape index (κ1) is 13.6. The van der Waals surface area contributed by atoms with E-state index in [-0.39, 0.29) is 0 Å². The van der Waals surface area contributed by atoms with E-state index >= 15 is 0 Å². The van der Waals surface area contributed by atoms with Gasteiger partial charge >= 0.3 is 0 Å². The number of rotatable bonds is 4. The molecular formula is C17H27N. The Morgan fingerprint density at radius 3 is 2.33 bits per heavy atom. The molecule has 0 aromatic heterocycles. The molecule has 18 heavy (non-hydrogen) atoms. The minimum atomic E-state index is 0.466. The molecule has 1 fully saturated rings. The van der Waals surface area contributed by atoms with Gasteiger partial charge in [0.25, 0.3) is 0 Å². The van der Waals surface area contributed by atoms with Gasteiger partial charge in [-0.05, 0) is 49.1 Å². The summed E-state index contributed by atoms with van der Waals surface area (Å²) in [5.41, 5.74) is 2.84. The van der Waals surface area contributed by atoms with Crippen molar-refractivity contribution < 1.29 is 0 Å². The van der Waals surface area contributed by atoms with Gasteiger partial charge in [0.2, 0.25) is 0 Å². The molecule has 1 aromatic rings. The van der Waals surface area contributed by atoms with E-state index in [4.69, 9.17) is 0 Å². The highest BCUT2D eigenvalue weighted by Crippen LogP contribution is 2.32. The van der Waals surface area contributed by atoms with Crippen LogP contribution in [0, 0.1) is 11.8 Å². The Hall–Kier alpha value is -0.820. The van der Waals surface area contributed by atoms with Gasteiger partial charge in [0.15, 0.2) is 0 Å². The van der Waals surface area contributed by atoms with Crippen molar-refractivity contribution in [3.8, 4) is 0 Å². The zero-order chi connectivity index (χ0) is 13.1. The van der Waals surface area contributed by atoms with Crippen molar-refractivity contribution in [1.82, 2.24) is 5.32 Å². The Labute approximate surface area is 112 Å². The van der Waals surface area contributed by atoms with E-state index in [1.54, 1.807) is 0 Å². The van der Waals surface area contributed by atoms with Crippen LogP contribution in [0.3, 0.4) is 0 Å². The van der Waals surface area contributed by atoms with Gasteiger partial charge in [0, 0.05) is 12.1 Å². The van der Waals surface area contributed by atoms with Crippen LogP contribution in [0.5, 0.6) is 0 Å². The third-order valence-electron chi connectivity index (χ3n) is 4.82. The monoisotopic (exact) mass is 245 g/mol. The molecule has 1 heteroatoms. The molecule has 0 amide bonds. The molecule has 1 aromatic carbocycles. The molecular weight excluding hydrogens is 218 g/mol. The van der Waals surface area contributed by atoms with Gasteiger partial charge in [0.05, 0.1) is 0 Å². The van der Waals surface area contributed by atoms with E-state index in [9.17, 15) is 0 Å². The zero-order valence-electron chi connectivity index (χ0n) is 12.2. The van der Waals surface area contributed by atoms with Crippen molar-refractivity contribution in [3.63, 3.8) is 0 Å². The molecule has 1 saturated carbocycles. The number of hydrogen-bond donors (Lipinski definition) is 1. The van der Waals surface area contributed by atoms with E-state index in [0.717, 1.165) is 18.3 Å². The molecule has 1 N–H and O–H groups in total. The molecule has 4 unspecified atom stereocenters. The highest BCUT2D eigenvalue weighted by Gasteiger charge is 2.30.